The number of hydrogen-bond acceptors (Lipinski definition) is 4. The molecule has 144 valence electrons. The number of amides is 1. The molecule has 9 heteroatoms. The van der Waals surface area contributed by atoms with Gasteiger partial charge in [-0.1, -0.05) is 29.3 Å². The van der Waals surface area contributed by atoms with Crippen LogP contribution in [0.15, 0.2) is 66.4 Å². The Hall–Kier alpha value is -3.60. The Morgan fingerprint density at radius 1 is 1.10 bits per heavy atom. The topological polar surface area (TPSA) is 101 Å². The molecule has 0 spiro atoms. The maximum Gasteiger partial charge on any atom is 0.269 e. The Balaban J connectivity index is 1.91. The number of carbonyl (C=O) groups is 1. The average Bonchev–Trinajstić information content (AvgIpc) is 3.17. The molecule has 7 nitrogen and oxygen atoms in total. The fraction of sp³-hybridized carbons (Fsp3) is 0. The molecule has 0 radical (unpaired) electrons. The van der Waals surface area contributed by atoms with E-state index in [0.717, 1.165) is 0 Å². The van der Waals surface area contributed by atoms with Crippen molar-refractivity contribution in [3.63, 3.8) is 0 Å². The Morgan fingerprint density at radius 2 is 1.76 bits per heavy atom. The van der Waals surface area contributed by atoms with Crippen molar-refractivity contribution < 1.29 is 9.72 Å². The van der Waals surface area contributed by atoms with Gasteiger partial charge < -0.3 is 9.88 Å². The highest BCUT2D eigenvalue weighted by atomic mass is 35.5. The van der Waals surface area contributed by atoms with Gasteiger partial charge in [0, 0.05) is 29.7 Å². The number of anilines is 1. The van der Waals surface area contributed by atoms with Crippen molar-refractivity contribution in [2.45, 2.75) is 0 Å². The molecule has 1 N–H and O–H groups in total. The van der Waals surface area contributed by atoms with E-state index in [-0.39, 0.29) is 27.0 Å². The minimum absolute atomic E-state index is 0.0355. The molecular weight excluding hydrogens is 415 g/mol. The van der Waals surface area contributed by atoms with Crippen molar-refractivity contribution in [1.82, 2.24) is 4.57 Å². The molecule has 2 aromatic carbocycles. The van der Waals surface area contributed by atoms with Gasteiger partial charge in [-0.25, -0.2) is 0 Å². The standard InChI is InChI=1S/C20H12Cl2N4O3/c21-17-4-1-5-18(22)19(17)24-20(27)13(12-23)11-16-3-2-10-25(16)14-6-8-15(9-7-14)26(28)29/h1-11H,(H,24,27)/b13-11+. The molecule has 1 amide bonds. The summed E-state index contributed by atoms with van der Waals surface area (Å²) in [6, 6.07) is 16.0. The fourth-order valence-electron chi connectivity index (χ4n) is 2.58. The monoisotopic (exact) mass is 426 g/mol. The molecule has 0 aliphatic rings. The van der Waals surface area contributed by atoms with Gasteiger partial charge in [-0.15, -0.1) is 0 Å². The van der Waals surface area contributed by atoms with Crippen LogP contribution in [-0.2, 0) is 4.79 Å². The highest BCUT2D eigenvalue weighted by Gasteiger charge is 2.15. The number of nitro groups is 1. The van der Waals surface area contributed by atoms with E-state index in [0.29, 0.717) is 11.4 Å². The summed E-state index contributed by atoms with van der Waals surface area (Å²) in [6.45, 7) is 0. The molecule has 0 aliphatic heterocycles. The summed E-state index contributed by atoms with van der Waals surface area (Å²) in [6.07, 6.45) is 3.12. The summed E-state index contributed by atoms with van der Waals surface area (Å²) in [5, 5.41) is 23.3. The van der Waals surface area contributed by atoms with Crippen LogP contribution in [0.1, 0.15) is 5.69 Å². The number of benzene rings is 2. The van der Waals surface area contributed by atoms with Crippen LogP contribution in [0.3, 0.4) is 0 Å². The minimum Gasteiger partial charge on any atom is -0.319 e. The Morgan fingerprint density at radius 3 is 2.34 bits per heavy atom. The maximum atomic E-state index is 12.5. The van der Waals surface area contributed by atoms with Crippen molar-refractivity contribution in [3.8, 4) is 11.8 Å². The predicted octanol–water partition coefficient (Wildman–Crippen LogP) is 5.24. The van der Waals surface area contributed by atoms with Gasteiger partial charge in [-0.05, 0) is 42.5 Å². The first-order chi connectivity index (χ1) is 13.9. The third-order valence-electron chi connectivity index (χ3n) is 3.98. The maximum absolute atomic E-state index is 12.5. The van der Waals surface area contributed by atoms with E-state index in [4.69, 9.17) is 23.2 Å². The molecule has 0 saturated heterocycles. The minimum atomic E-state index is -0.668. The summed E-state index contributed by atoms with van der Waals surface area (Å²) in [4.78, 5) is 22.9. The molecule has 0 aliphatic carbocycles. The van der Waals surface area contributed by atoms with Gasteiger partial charge in [0.1, 0.15) is 11.6 Å². The van der Waals surface area contributed by atoms with Crippen LogP contribution in [0.25, 0.3) is 11.8 Å². The molecule has 0 saturated carbocycles. The first-order valence-corrected chi connectivity index (χ1v) is 8.95. The lowest BCUT2D eigenvalue weighted by Crippen LogP contribution is -2.14. The largest absolute Gasteiger partial charge is 0.319 e. The number of rotatable bonds is 5. The van der Waals surface area contributed by atoms with Crippen LogP contribution in [0, 0.1) is 21.4 Å². The summed E-state index contributed by atoms with van der Waals surface area (Å²) < 4.78 is 1.69. The van der Waals surface area contributed by atoms with Crippen molar-refractivity contribution in [2.24, 2.45) is 0 Å². The van der Waals surface area contributed by atoms with Crippen molar-refractivity contribution in [3.05, 3.63) is 92.2 Å². The van der Waals surface area contributed by atoms with E-state index >= 15 is 0 Å². The van der Waals surface area contributed by atoms with E-state index in [9.17, 15) is 20.2 Å². The third kappa shape index (κ3) is 4.46. The zero-order valence-corrected chi connectivity index (χ0v) is 16.2. The van der Waals surface area contributed by atoms with Gasteiger partial charge in [0.25, 0.3) is 11.6 Å². The lowest BCUT2D eigenvalue weighted by atomic mass is 10.2. The molecule has 3 rings (SSSR count). The number of carbonyl (C=O) groups excluding carboxylic acids is 1. The van der Waals surface area contributed by atoms with Gasteiger partial charge in [0.05, 0.1) is 20.7 Å². The average molecular weight is 427 g/mol. The number of nitriles is 1. The van der Waals surface area contributed by atoms with E-state index in [1.54, 1.807) is 53.2 Å². The van der Waals surface area contributed by atoms with Crippen LogP contribution in [-0.4, -0.2) is 15.4 Å². The normalized spacial score (nSPS) is 11.0. The molecule has 0 fully saturated rings. The van der Waals surface area contributed by atoms with E-state index in [1.807, 2.05) is 6.07 Å². The third-order valence-corrected chi connectivity index (χ3v) is 4.61. The SMILES string of the molecule is N#C/C(=C\c1cccn1-c1ccc([N+](=O)[O-])cc1)C(=O)Nc1c(Cl)cccc1Cl. The van der Waals surface area contributed by atoms with Crippen LogP contribution in [0.5, 0.6) is 0 Å². The second-order valence-electron chi connectivity index (χ2n) is 5.80. The molecule has 0 bridgehead atoms. The molecule has 0 unspecified atom stereocenters. The second-order valence-corrected chi connectivity index (χ2v) is 6.61. The lowest BCUT2D eigenvalue weighted by molar-refractivity contribution is -0.384. The predicted molar refractivity (Wildman–Crippen MR) is 111 cm³/mol. The molecule has 1 heterocycles. The van der Waals surface area contributed by atoms with Gasteiger partial charge in [0.2, 0.25) is 0 Å². The highest BCUT2D eigenvalue weighted by molar-refractivity contribution is 6.40. The molecule has 29 heavy (non-hydrogen) atoms. The van der Waals surface area contributed by atoms with Crippen LogP contribution in [0.4, 0.5) is 11.4 Å². The molecule has 3 aromatic rings. The Bertz CT molecular complexity index is 1140. The van der Waals surface area contributed by atoms with E-state index < -0.39 is 10.8 Å². The number of non-ortho nitro benzene ring substituents is 1. The number of halogens is 2. The van der Waals surface area contributed by atoms with Crippen molar-refractivity contribution >= 4 is 46.6 Å². The van der Waals surface area contributed by atoms with Gasteiger partial charge in [-0.2, -0.15) is 5.26 Å². The van der Waals surface area contributed by atoms with Crippen molar-refractivity contribution in [2.75, 3.05) is 5.32 Å². The summed E-state index contributed by atoms with van der Waals surface area (Å²) in [5.41, 5.74) is 1.19. The zero-order chi connectivity index (χ0) is 21.0. The zero-order valence-electron chi connectivity index (χ0n) is 14.7. The van der Waals surface area contributed by atoms with Crippen molar-refractivity contribution in [1.29, 1.82) is 5.26 Å². The van der Waals surface area contributed by atoms with Gasteiger partial charge in [0.15, 0.2) is 0 Å². The summed E-state index contributed by atoms with van der Waals surface area (Å²) in [7, 11) is 0. The van der Waals surface area contributed by atoms with Crippen LogP contribution in [0.2, 0.25) is 10.0 Å². The van der Waals surface area contributed by atoms with E-state index in [1.165, 1.54) is 18.2 Å². The number of nitrogens with one attached hydrogen (secondary N) is 1. The lowest BCUT2D eigenvalue weighted by Gasteiger charge is -2.09. The summed E-state index contributed by atoms with van der Waals surface area (Å²) in [5.74, 6) is -0.668. The second kappa shape index (κ2) is 8.61. The van der Waals surface area contributed by atoms with Gasteiger partial charge >= 0.3 is 0 Å². The fourth-order valence-corrected chi connectivity index (χ4v) is 3.07. The molecule has 1 aromatic heterocycles. The summed E-state index contributed by atoms with van der Waals surface area (Å²) >= 11 is 12.1. The number of nitro benzene ring substituents is 1. The number of nitrogens with zero attached hydrogens (tertiary/aromatic N) is 3. The Kier molecular flexibility index (Phi) is 5.98. The molecular formula is C20H12Cl2N4O3. The number of para-hydroxylation sites is 1. The highest BCUT2D eigenvalue weighted by Crippen LogP contribution is 2.30. The molecule has 0 atom stereocenters. The Labute approximate surface area is 175 Å². The van der Waals surface area contributed by atoms with Gasteiger partial charge in [-0.3, -0.25) is 14.9 Å². The number of aromatic nitrogens is 1. The quantitative estimate of drug-likeness (QED) is 0.261. The van der Waals surface area contributed by atoms with Crippen LogP contribution >= 0.6 is 23.2 Å². The number of hydrogen-bond donors (Lipinski definition) is 1. The van der Waals surface area contributed by atoms with E-state index in [2.05, 4.69) is 5.32 Å². The van der Waals surface area contributed by atoms with Crippen LogP contribution < -0.4 is 5.32 Å². The first-order valence-electron chi connectivity index (χ1n) is 8.20. The smallest absolute Gasteiger partial charge is 0.269 e. The first kappa shape index (κ1) is 20.1.